The molecule has 0 radical (unpaired) electrons. The van der Waals surface area contributed by atoms with Crippen molar-refractivity contribution in [3.05, 3.63) is 94.0 Å². The molecule has 1 N–H and O–H groups in total. The van der Waals surface area contributed by atoms with Gasteiger partial charge in [-0.15, -0.1) is 0 Å². The Labute approximate surface area is 203 Å². The number of Topliss-reactive ketones (excluding diaryl/α,β-unsaturated/α-hetero) is 1. The zero-order valence-corrected chi connectivity index (χ0v) is 19.3. The Morgan fingerprint density at radius 2 is 1.89 bits per heavy atom. The monoisotopic (exact) mass is 489 g/mol. The number of aromatic nitrogens is 2. The van der Waals surface area contributed by atoms with E-state index in [1.54, 1.807) is 59.2 Å². The minimum Gasteiger partial charge on any atom is -0.482 e. The van der Waals surface area contributed by atoms with Crippen molar-refractivity contribution in [1.82, 2.24) is 9.55 Å². The first-order valence-corrected chi connectivity index (χ1v) is 11.9. The van der Waals surface area contributed by atoms with Gasteiger partial charge in [-0.25, -0.2) is 9.37 Å². The largest absolute Gasteiger partial charge is 0.482 e. The minimum atomic E-state index is -0.318. The molecular formula is C26H20FN3O4S. The molecule has 176 valence electrons. The van der Waals surface area contributed by atoms with Gasteiger partial charge in [-0.1, -0.05) is 36.0 Å². The smallest absolute Gasteiger partial charge is 0.262 e. The van der Waals surface area contributed by atoms with Gasteiger partial charge >= 0.3 is 0 Å². The van der Waals surface area contributed by atoms with Gasteiger partial charge in [0, 0.05) is 12.1 Å². The molecule has 0 spiro atoms. The van der Waals surface area contributed by atoms with Crippen molar-refractivity contribution in [2.45, 2.75) is 18.1 Å². The maximum Gasteiger partial charge on any atom is 0.262 e. The average Bonchev–Trinajstić information content (AvgIpc) is 2.87. The molecule has 0 aliphatic carbocycles. The Kier molecular flexibility index (Phi) is 6.33. The van der Waals surface area contributed by atoms with E-state index in [0.717, 1.165) is 5.56 Å². The Balaban J connectivity index is 1.39. The molecule has 0 saturated heterocycles. The number of fused-ring (bicyclic) bond motifs is 2. The molecule has 1 aromatic heterocycles. The number of carbonyl (C=O) groups is 2. The molecule has 0 unspecified atom stereocenters. The van der Waals surface area contributed by atoms with Crippen LogP contribution >= 0.6 is 11.8 Å². The van der Waals surface area contributed by atoms with Gasteiger partial charge in [0.1, 0.15) is 11.6 Å². The lowest BCUT2D eigenvalue weighted by molar-refractivity contribution is -0.118. The van der Waals surface area contributed by atoms with E-state index in [9.17, 15) is 18.8 Å². The number of rotatable bonds is 7. The Hall–Kier alpha value is -3.98. The van der Waals surface area contributed by atoms with Crippen molar-refractivity contribution in [3.8, 4) is 5.75 Å². The van der Waals surface area contributed by atoms with Crippen LogP contribution in [0.5, 0.6) is 5.75 Å². The average molecular weight is 490 g/mol. The highest BCUT2D eigenvalue weighted by Crippen LogP contribution is 2.29. The van der Waals surface area contributed by atoms with E-state index in [4.69, 9.17) is 4.74 Å². The summed E-state index contributed by atoms with van der Waals surface area (Å²) in [5, 5.41) is 3.62. The minimum absolute atomic E-state index is 0.0505. The number of para-hydroxylation sites is 1. The number of aryl methyl sites for hydroxylation is 1. The first kappa shape index (κ1) is 22.8. The zero-order valence-electron chi connectivity index (χ0n) is 18.5. The number of amides is 1. The predicted octanol–water partition coefficient (Wildman–Crippen LogP) is 4.08. The Morgan fingerprint density at radius 1 is 1.09 bits per heavy atom. The van der Waals surface area contributed by atoms with Crippen LogP contribution < -0.4 is 15.6 Å². The highest BCUT2D eigenvalue weighted by molar-refractivity contribution is 7.99. The maximum atomic E-state index is 13.3. The SMILES string of the molecule is O=C1COc2ccc(C(=O)CSc3nc4ccccc4c(=O)n3CCc3ccc(F)cc3)cc2N1. The third kappa shape index (κ3) is 4.95. The fraction of sp³-hybridized carbons (Fsp3) is 0.154. The van der Waals surface area contributed by atoms with Crippen molar-refractivity contribution in [2.75, 3.05) is 17.7 Å². The molecule has 35 heavy (non-hydrogen) atoms. The quantitative estimate of drug-likeness (QED) is 0.239. The van der Waals surface area contributed by atoms with Crippen LogP contribution in [0.1, 0.15) is 15.9 Å². The molecule has 1 aliphatic heterocycles. The number of halogens is 1. The molecule has 0 fully saturated rings. The standard InChI is InChI=1S/C26H20FN3O4S/c27-18-8-5-16(6-9-18)11-12-30-25(33)19-3-1-2-4-20(19)29-26(30)35-15-22(31)17-7-10-23-21(13-17)28-24(32)14-34-23/h1-10,13H,11-12,14-15H2,(H,28,32). The second-order valence-electron chi connectivity index (χ2n) is 8.00. The van der Waals surface area contributed by atoms with Crippen molar-refractivity contribution >= 4 is 40.0 Å². The molecule has 4 aromatic rings. The number of ether oxygens (including phenoxy) is 1. The number of ketones is 1. The summed E-state index contributed by atoms with van der Waals surface area (Å²) in [6.45, 7) is 0.278. The van der Waals surface area contributed by atoms with Crippen LogP contribution in [-0.2, 0) is 17.8 Å². The summed E-state index contributed by atoms with van der Waals surface area (Å²) in [5.74, 6) is -0.206. The van der Waals surface area contributed by atoms with Gasteiger partial charge in [-0.3, -0.25) is 19.0 Å². The van der Waals surface area contributed by atoms with Crippen molar-refractivity contribution in [3.63, 3.8) is 0 Å². The van der Waals surface area contributed by atoms with Crippen LogP contribution in [0.4, 0.5) is 10.1 Å². The summed E-state index contributed by atoms with van der Waals surface area (Å²) >= 11 is 1.18. The third-order valence-corrected chi connectivity index (χ3v) is 6.61. The molecule has 2 heterocycles. The molecule has 1 amide bonds. The zero-order chi connectivity index (χ0) is 24.4. The number of carbonyl (C=O) groups excluding carboxylic acids is 2. The lowest BCUT2D eigenvalue weighted by Gasteiger charge is -2.18. The van der Waals surface area contributed by atoms with E-state index >= 15 is 0 Å². The third-order valence-electron chi connectivity index (χ3n) is 5.63. The van der Waals surface area contributed by atoms with Gasteiger partial charge in [0.15, 0.2) is 17.5 Å². The fourth-order valence-electron chi connectivity index (χ4n) is 3.82. The van der Waals surface area contributed by atoms with Gasteiger partial charge in [-0.05, 0) is 54.4 Å². The number of hydrogen-bond donors (Lipinski definition) is 1. The van der Waals surface area contributed by atoms with Crippen LogP contribution in [0.25, 0.3) is 10.9 Å². The first-order valence-electron chi connectivity index (χ1n) is 10.9. The molecular weight excluding hydrogens is 469 g/mol. The second kappa shape index (κ2) is 9.71. The van der Waals surface area contributed by atoms with E-state index in [-0.39, 0.29) is 35.4 Å². The fourth-order valence-corrected chi connectivity index (χ4v) is 4.74. The molecule has 7 nitrogen and oxygen atoms in total. The number of nitrogens with one attached hydrogen (secondary N) is 1. The molecule has 0 saturated carbocycles. The van der Waals surface area contributed by atoms with Gasteiger partial charge < -0.3 is 10.1 Å². The molecule has 1 aliphatic rings. The molecule has 5 rings (SSSR count). The first-order chi connectivity index (χ1) is 17.0. The van der Waals surface area contributed by atoms with Crippen LogP contribution in [0.15, 0.2) is 76.7 Å². The maximum absolute atomic E-state index is 13.3. The summed E-state index contributed by atoms with van der Waals surface area (Å²) in [4.78, 5) is 42.4. The lowest BCUT2D eigenvalue weighted by atomic mass is 10.1. The van der Waals surface area contributed by atoms with Gasteiger partial charge in [0.05, 0.1) is 22.3 Å². The summed E-state index contributed by atoms with van der Waals surface area (Å²) in [7, 11) is 0. The lowest BCUT2D eigenvalue weighted by Crippen LogP contribution is -2.25. The second-order valence-corrected chi connectivity index (χ2v) is 8.95. The highest BCUT2D eigenvalue weighted by Gasteiger charge is 2.19. The van der Waals surface area contributed by atoms with Gasteiger partial charge in [0.2, 0.25) is 0 Å². The van der Waals surface area contributed by atoms with Gasteiger partial charge in [-0.2, -0.15) is 0 Å². The Bertz CT molecular complexity index is 1500. The van der Waals surface area contributed by atoms with Crippen LogP contribution in [0.2, 0.25) is 0 Å². The van der Waals surface area contributed by atoms with Crippen molar-refractivity contribution < 1.29 is 18.7 Å². The topological polar surface area (TPSA) is 90.3 Å². The summed E-state index contributed by atoms with van der Waals surface area (Å²) < 4.78 is 20.2. The van der Waals surface area contributed by atoms with E-state index < -0.39 is 0 Å². The van der Waals surface area contributed by atoms with Crippen molar-refractivity contribution in [1.29, 1.82) is 0 Å². The normalized spacial score (nSPS) is 12.7. The molecule has 3 aromatic carbocycles. The number of nitrogens with zero attached hydrogens (tertiary/aromatic N) is 2. The summed E-state index contributed by atoms with van der Waals surface area (Å²) in [6, 6.07) is 18.1. The van der Waals surface area contributed by atoms with Crippen LogP contribution in [0, 0.1) is 5.82 Å². The van der Waals surface area contributed by atoms with E-state index in [1.807, 2.05) is 0 Å². The molecule has 0 atom stereocenters. The molecule has 0 bridgehead atoms. The number of hydrogen-bond acceptors (Lipinski definition) is 6. The van der Waals surface area contributed by atoms with Crippen molar-refractivity contribution in [2.24, 2.45) is 0 Å². The van der Waals surface area contributed by atoms with Crippen LogP contribution in [-0.4, -0.2) is 33.6 Å². The molecule has 9 heteroatoms. The van der Waals surface area contributed by atoms with Crippen LogP contribution in [0.3, 0.4) is 0 Å². The van der Waals surface area contributed by atoms with E-state index in [2.05, 4.69) is 10.3 Å². The van der Waals surface area contributed by atoms with Gasteiger partial charge in [0.25, 0.3) is 11.5 Å². The predicted molar refractivity (Wildman–Crippen MR) is 132 cm³/mol. The van der Waals surface area contributed by atoms with E-state index in [0.29, 0.717) is 46.0 Å². The van der Waals surface area contributed by atoms with E-state index in [1.165, 1.54) is 23.9 Å². The summed E-state index contributed by atoms with van der Waals surface area (Å²) in [5.41, 5.74) is 2.12. The number of thioether (sulfide) groups is 1. The number of benzene rings is 3. The highest BCUT2D eigenvalue weighted by atomic mass is 32.2. The number of anilines is 1. The summed E-state index contributed by atoms with van der Waals surface area (Å²) in [6.07, 6.45) is 0.506. The Morgan fingerprint density at radius 3 is 2.71 bits per heavy atom.